The molecule has 20 heavy (non-hydrogen) atoms. The average Bonchev–Trinajstić information content (AvgIpc) is 2.81. The molecule has 0 spiro atoms. The Morgan fingerprint density at radius 1 is 1.60 bits per heavy atom. The number of fused-ring (bicyclic) bond motifs is 1. The summed E-state index contributed by atoms with van der Waals surface area (Å²) in [6.45, 7) is 2.02. The van der Waals surface area contributed by atoms with Gasteiger partial charge in [-0.25, -0.2) is 9.78 Å². The van der Waals surface area contributed by atoms with Crippen LogP contribution in [-0.2, 0) is 6.42 Å². The van der Waals surface area contributed by atoms with Crippen molar-refractivity contribution >= 4 is 23.1 Å². The van der Waals surface area contributed by atoms with Crippen LogP contribution in [0, 0.1) is 5.92 Å². The molecule has 3 heterocycles. The molecule has 0 saturated carbocycles. The van der Waals surface area contributed by atoms with Gasteiger partial charge >= 0.3 is 5.97 Å². The van der Waals surface area contributed by atoms with Crippen molar-refractivity contribution in [2.75, 3.05) is 13.1 Å². The number of carbonyl (C=O) groups is 1. The first kappa shape index (κ1) is 13.4. The van der Waals surface area contributed by atoms with Crippen molar-refractivity contribution < 1.29 is 9.90 Å². The Balaban J connectivity index is 2.02. The Morgan fingerprint density at radius 2 is 2.45 bits per heavy atom. The Morgan fingerprint density at radius 3 is 3.15 bits per heavy atom. The summed E-state index contributed by atoms with van der Waals surface area (Å²) in [6, 6.07) is 3.50. The molecular formula is C14H16ClN3O2. The number of nitrogens with zero attached hydrogens (tertiary/aromatic N) is 2. The predicted molar refractivity (Wildman–Crippen MR) is 76.5 cm³/mol. The van der Waals surface area contributed by atoms with Gasteiger partial charge in [-0.05, 0) is 44.0 Å². The lowest BCUT2D eigenvalue weighted by atomic mass is 9.96. The summed E-state index contributed by atoms with van der Waals surface area (Å²) >= 11 is 6.13. The van der Waals surface area contributed by atoms with Crippen molar-refractivity contribution in [1.82, 2.24) is 14.7 Å². The highest BCUT2D eigenvalue weighted by Gasteiger charge is 2.22. The Kier molecular flexibility index (Phi) is 3.63. The molecule has 0 aromatic carbocycles. The van der Waals surface area contributed by atoms with E-state index in [4.69, 9.17) is 11.6 Å². The summed E-state index contributed by atoms with van der Waals surface area (Å²) in [5.41, 5.74) is 0.523. The number of piperidine rings is 1. The molecule has 1 unspecified atom stereocenters. The van der Waals surface area contributed by atoms with E-state index in [1.165, 1.54) is 0 Å². The average molecular weight is 294 g/mol. The smallest absolute Gasteiger partial charge is 0.356 e. The number of carboxylic acids is 1. The minimum absolute atomic E-state index is 0.0365. The van der Waals surface area contributed by atoms with Crippen LogP contribution in [-0.4, -0.2) is 33.6 Å². The van der Waals surface area contributed by atoms with Gasteiger partial charge in [0, 0.05) is 12.6 Å². The third-order valence-corrected chi connectivity index (χ3v) is 4.07. The number of aromatic nitrogens is 2. The zero-order valence-corrected chi connectivity index (χ0v) is 11.7. The van der Waals surface area contributed by atoms with Crippen LogP contribution >= 0.6 is 11.6 Å². The summed E-state index contributed by atoms with van der Waals surface area (Å²) in [4.78, 5) is 15.6. The molecule has 1 fully saturated rings. The van der Waals surface area contributed by atoms with E-state index in [2.05, 4.69) is 10.3 Å². The summed E-state index contributed by atoms with van der Waals surface area (Å²) in [6.07, 6.45) is 4.89. The topological polar surface area (TPSA) is 66.6 Å². The molecule has 0 aliphatic carbocycles. The summed E-state index contributed by atoms with van der Waals surface area (Å²) in [5.74, 6) is 0.229. The van der Waals surface area contributed by atoms with Gasteiger partial charge in [0.25, 0.3) is 0 Å². The van der Waals surface area contributed by atoms with Crippen molar-refractivity contribution in [2.24, 2.45) is 5.92 Å². The molecule has 0 bridgehead atoms. The van der Waals surface area contributed by atoms with Crippen LogP contribution in [0.3, 0.4) is 0 Å². The number of hydrogen-bond acceptors (Lipinski definition) is 3. The van der Waals surface area contributed by atoms with E-state index < -0.39 is 5.97 Å². The molecule has 2 aromatic rings. The number of imidazole rings is 1. The first-order valence-electron chi connectivity index (χ1n) is 6.76. The molecule has 1 atom stereocenters. The SMILES string of the molecule is O=C(O)c1nc(CC2CCCNC2)n2cccc(Cl)c12. The monoisotopic (exact) mass is 293 g/mol. The Labute approximate surface area is 121 Å². The van der Waals surface area contributed by atoms with Gasteiger partial charge in [-0.2, -0.15) is 0 Å². The Bertz CT molecular complexity index is 647. The fraction of sp³-hybridized carbons (Fsp3) is 0.429. The number of hydrogen-bond donors (Lipinski definition) is 2. The zero-order valence-electron chi connectivity index (χ0n) is 11.0. The first-order chi connectivity index (χ1) is 9.66. The molecule has 0 radical (unpaired) electrons. The van der Waals surface area contributed by atoms with Crippen LogP contribution < -0.4 is 5.32 Å². The summed E-state index contributed by atoms with van der Waals surface area (Å²) < 4.78 is 1.81. The van der Waals surface area contributed by atoms with Crippen molar-refractivity contribution in [3.63, 3.8) is 0 Å². The van der Waals surface area contributed by atoms with Crippen molar-refractivity contribution in [1.29, 1.82) is 0 Å². The molecule has 5 nitrogen and oxygen atoms in total. The third kappa shape index (κ3) is 2.39. The number of rotatable bonds is 3. The summed E-state index contributed by atoms with van der Waals surface area (Å²) in [5, 5.41) is 13.1. The normalized spacial score (nSPS) is 19.4. The van der Waals surface area contributed by atoms with E-state index in [9.17, 15) is 9.90 Å². The van der Waals surface area contributed by atoms with E-state index in [-0.39, 0.29) is 5.69 Å². The van der Waals surface area contributed by atoms with Crippen molar-refractivity contribution in [3.05, 3.63) is 34.9 Å². The van der Waals surface area contributed by atoms with Crippen LogP contribution in [0.15, 0.2) is 18.3 Å². The predicted octanol–water partition coefficient (Wildman–Crippen LogP) is 2.23. The molecule has 2 aromatic heterocycles. The van der Waals surface area contributed by atoms with Gasteiger partial charge in [0.15, 0.2) is 5.69 Å². The molecule has 0 amide bonds. The lowest BCUT2D eigenvalue weighted by Gasteiger charge is -2.21. The standard InChI is InChI=1S/C14H16ClN3O2/c15-10-4-2-6-18-11(7-9-3-1-5-16-8-9)17-12(13(10)18)14(19)20/h2,4,6,9,16H,1,3,5,7-8H2,(H,19,20). The molecule has 1 aliphatic heterocycles. The van der Waals surface area contributed by atoms with Gasteiger partial charge in [0.1, 0.15) is 5.82 Å². The van der Waals surface area contributed by atoms with Crippen molar-refractivity contribution in [2.45, 2.75) is 19.3 Å². The molecule has 1 aliphatic rings. The van der Waals surface area contributed by atoms with Crippen LogP contribution in [0.2, 0.25) is 5.02 Å². The van der Waals surface area contributed by atoms with E-state index in [1.54, 1.807) is 10.5 Å². The van der Waals surface area contributed by atoms with Crippen LogP contribution in [0.1, 0.15) is 29.2 Å². The third-order valence-electron chi connectivity index (χ3n) is 3.76. The maximum atomic E-state index is 11.3. The highest BCUT2D eigenvalue weighted by Crippen LogP contribution is 2.24. The van der Waals surface area contributed by atoms with E-state index >= 15 is 0 Å². The quantitative estimate of drug-likeness (QED) is 0.911. The number of halogens is 1. The molecule has 106 valence electrons. The van der Waals surface area contributed by atoms with E-state index in [1.807, 2.05) is 12.3 Å². The minimum Gasteiger partial charge on any atom is -0.476 e. The minimum atomic E-state index is -1.04. The molecule has 3 rings (SSSR count). The van der Waals surface area contributed by atoms with Gasteiger partial charge in [-0.1, -0.05) is 11.6 Å². The van der Waals surface area contributed by atoms with E-state index in [0.717, 1.165) is 38.2 Å². The lowest BCUT2D eigenvalue weighted by Crippen LogP contribution is -2.31. The molecule has 6 heteroatoms. The number of aromatic carboxylic acids is 1. The van der Waals surface area contributed by atoms with Gasteiger partial charge < -0.3 is 14.8 Å². The molecule has 2 N–H and O–H groups in total. The largest absolute Gasteiger partial charge is 0.476 e. The van der Waals surface area contributed by atoms with Gasteiger partial charge in [-0.3, -0.25) is 0 Å². The van der Waals surface area contributed by atoms with Crippen LogP contribution in [0.4, 0.5) is 0 Å². The lowest BCUT2D eigenvalue weighted by molar-refractivity contribution is 0.0693. The summed E-state index contributed by atoms with van der Waals surface area (Å²) in [7, 11) is 0. The number of pyridine rings is 1. The Hall–Kier alpha value is -1.59. The fourth-order valence-corrected chi connectivity index (χ4v) is 3.06. The van der Waals surface area contributed by atoms with Gasteiger partial charge in [0.2, 0.25) is 0 Å². The van der Waals surface area contributed by atoms with Gasteiger partial charge in [0.05, 0.1) is 10.5 Å². The number of carboxylic acid groups (broad SMARTS) is 1. The van der Waals surface area contributed by atoms with Crippen LogP contribution in [0.5, 0.6) is 0 Å². The highest BCUT2D eigenvalue weighted by atomic mass is 35.5. The highest BCUT2D eigenvalue weighted by molar-refractivity contribution is 6.34. The van der Waals surface area contributed by atoms with Crippen LogP contribution in [0.25, 0.3) is 5.52 Å². The van der Waals surface area contributed by atoms with Crippen molar-refractivity contribution in [3.8, 4) is 0 Å². The molecule has 1 saturated heterocycles. The maximum Gasteiger partial charge on any atom is 0.356 e. The fourth-order valence-electron chi connectivity index (χ4n) is 2.81. The number of nitrogens with one attached hydrogen (secondary N) is 1. The van der Waals surface area contributed by atoms with Gasteiger partial charge in [-0.15, -0.1) is 0 Å². The second-order valence-corrected chi connectivity index (χ2v) is 5.58. The molecular weight excluding hydrogens is 278 g/mol. The maximum absolute atomic E-state index is 11.3. The second-order valence-electron chi connectivity index (χ2n) is 5.17. The first-order valence-corrected chi connectivity index (χ1v) is 7.14. The van der Waals surface area contributed by atoms with E-state index in [0.29, 0.717) is 16.5 Å². The zero-order chi connectivity index (χ0) is 14.1. The second kappa shape index (κ2) is 5.42.